The monoisotopic (exact) mass is 395 g/mol. The zero-order valence-electron chi connectivity index (χ0n) is 14.6. The van der Waals surface area contributed by atoms with Crippen molar-refractivity contribution in [1.29, 1.82) is 0 Å². The molecule has 0 unspecified atom stereocenters. The first-order chi connectivity index (χ1) is 12.3. The molecular formula is C19H19Cl2NO4. The van der Waals surface area contributed by atoms with Crippen molar-refractivity contribution in [1.82, 2.24) is 0 Å². The van der Waals surface area contributed by atoms with Crippen LogP contribution in [0.2, 0.25) is 10.0 Å². The second-order valence-electron chi connectivity index (χ2n) is 5.85. The van der Waals surface area contributed by atoms with Crippen molar-refractivity contribution in [2.45, 2.75) is 33.0 Å². The molecule has 0 saturated carbocycles. The Hall–Kier alpha value is -2.24. The van der Waals surface area contributed by atoms with Crippen molar-refractivity contribution in [2.75, 3.05) is 5.32 Å². The van der Waals surface area contributed by atoms with Gasteiger partial charge in [-0.25, -0.2) is 4.79 Å². The minimum atomic E-state index is -0.999. The number of halogens is 2. The van der Waals surface area contributed by atoms with Gasteiger partial charge in [0.2, 0.25) is 0 Å². The number of anilines is 1. The quantitative estimate of drug-likeness (QED) is 0.701. The van der Waals surface area contributed by atoms with Crippen molar-refractivity contribution >= 4 is 40.8 Å². The molecule has 0 aromatic heterocycles. The lowest BCUT2D eigenvalue weighted by Gasteiger charge is -2.15. The second-order valence-corrected chi connectivity index (χ2v) is 6.70. The predicted molar refractivity (Wildman–Crippen MR) is 102 cm³/mol. The van der Waals surface area contributed by atoms with Crippen LogP contribution in [-0.4, -0.2) is 24.1 Å². The highest BCUT2D eigenvalue weighted by atomic mass is 35.5. The summed E-state index contributed by atoms with van der Waals surface area (Å²) in [5.41, 5.74) is 0.712. The summed E-state index contributed by atoms with van der Waals surface area (Å²) in [5, 5.41) is 3.35. The molecule has 26 heavy (non-hydrogen) atoms. The lowest BCUT2D eigenvalue weighted by Crippen LogP contribution is -2.30. The summed E-state index contributed by atoms with van der Waals surface area (Å²) in [7, 11) is 0. The summed E-state index contributed by atoms with van der Waals surface area (Å²) < 4.78 is 10.7. The van der Waals surface area contributed by atoms with Gasteiger partial charge in [-0.3, -0.25) is 4.79 Å². The summed E-state index contributed by atoms with van der Waals surface area (Å²) in [5.74, 6) is -0.451. The summed E-state index contributed by atoms with van der Waals surface area (Å²) in [4.78, 5) is 24.4. The molecule has 0 heterocycles. The molecule has 0 saturated heterocycles. The van der Waals surface area contributed by atoms with Gasteiger partial charge in [-0.15, -0.1) is 0 Å². The smallest absolute Gasteiger partial charge is 0.338 e. The maximum Gasteiger partial charge on any atom is 0.338 e. The predicted octanol–water partition coefficient (Wildman–Crippen LogP) is 4.96. The number of ether oxygens (including phenoxy) is 2. The van der Waals surface area contributed by atoms with Gasteiger partial charge < -0.3 is 14.8 Å². The number of hydrogen-bond acceptors (Lipinski definition) is 4. The van der Waals surface area contributed by atoms with E-state index >= 15 is 0 Å². The van der Waals surface area contributed by atoms with E-state index in [0.29, 0.717) is 27.0 Å². The minimum absolute atomic E-state index is 0.0382. The second kappa shape index (κ2) is 8.92. The van der Waals surface area contributed by atoms with Gasteiger partial charge in [-0.05, 0) is 63.2 Å². The van der Waals surface area contributed by atoms with Gasteiger partial charge >= 0.3 is 5.97 Å². The normalized spacial score (nSPS) is 11.8. The van der Waals surface area contributed by atoms with E-state index in [4.69, 9.17) is 32.7 Å². The Morgan fingerprint density at radius 2 is 1.65 bits per heavy atom. The molecular weight excluding hydrogens is 377 g/mol. The van der Waals surface area contributed by atoms with Gasteiger partial charge in [0.1, 0.15) is 5.75 Å². The van der Waals surface area contributed by atoms with Gasteiger partial charge in [0.15, 0.2) is 6.10 Å². The fraction of sp³-hybridized carbons (Fsp3) is 0.263. The summed E-state index contributed by atoms with van der Waals surface area (Å²) in [6.45, 7) is 5.30. The molecule has 0 aliphatic carbocycles. The number of amides is 1. The van der Waals surface area contributed by atoms with Crippen molar-refractivity contribution in [3.8, 4) is 5.75 Å². The Morgan fingerprint density at radius 1 is 1.00 bits per heavy atom. The third-order valence-electron chi connectivity index (χ3n) is 3.30. The molecule has 0 bridgehead atoms. The standard InChI is InChI=1S/C19H19Cl2NO4/c1-11(2)25-15-7-4-13(5-8-15)19(24)26-12(3)18(23)22-17-9-6-14(20)10-16(17)21/h4-12H,1-3H3,(H,22,23)/t12-/m1/s1. The Bertz CT molecular complexity index is 791. The zero-order chi connectivity index (χ0) is 19.3. The van der Waals surface area contributed by atoms with Crippen molar-refractivity contribution in [3.05, 3.63) is 58.1 Å². The SMILES string of the molecule is CC(C)Oc1ccc(C(=O)O[C@H](C)C(=O)Nc2ccc(Cl)cc2Cl)cc1. The molecule has 0 aliphatic rings. The van der Waals surface area contributed by atoms with Crippen LogP contribution in [0.1, 0.15) is 31.1 Å². The molecule has 1 amide bonds. The molecule has 0 spiro atoms. The van der Waals surface area contributed by atoms with Crippen LogP contribution in [0.15, 0.2) is 42.5 Å². The van der Waals surface area contributed by atoms with Gasteiger partial charge in [0.25, 0.3) is 5.91 Å². The maximum absolute atomic E-state index is 12.2. The molecule has 0 radical (unpaired) electrons. The first kappa shape index (κ1) is 20.1. The lowest BCUT2D eigenvalue weighted by molar-refractivity contribution is -0.123. The van der Waals surface area contributed by atoms with Crippen molar-refractivity contribution < 1.29 is 19.1 Å². The number of esters is 1. The van der Waals surface area contributed by atoms with E-state index < -0.39 is 18.0 Å². The average molecular weight is 396 g/mol. The third kappa shape index (κ3) is 5.64. The van der Waals surface area contributed by atoms with E-state index in [0.717, 1.165) is 0 Å². The van der Waals surface area contributed by atoms with E-state index in [-0.39, 0.29) is 6.10 Å². The van der Waals surface area contributed by atoms with Crippen molar-refractivity contribution in [3.63, 3.8) is 0 Å². The minimum Gasteiger partial charge on any atom is -0.491 e. The fourth-order valence-corrected chi connectivity index (χ4v) is 2.50. The number of hydrogen-bond donors (Lipinski definition) is 1. The van der Waals surface area contributed by atoms with E-state index in [2.05, 4.69) is 5.32 Å². The topological polar surface area (TPSA) is 64.6 Å². The molecule has 5 nitrogen and oxygen atoms in total. The highest BCUT2D eigenvalue weighted by Gasteiger charge is 2.20. The Morgan fingerprint density at radius 3 is 2.23 bits per heavy atom. The van der Waals surface area contributed by atoms with Crippen LogP contribution in [0, 0.1) is 0 Å². The van der Waals surface area contributed by atoms with E-state index in [9.17, 15) is 9.59 Å². The van der Waals surface area contributed by atoms with Crippen LogP contribution in [0.25, 0.3) is 0 Å². The molecule has 7 heteroatoms. The highest BCUT2D eigenvalue weighted by molar-refractivity contribution is 6.36. The van der Waals surface area contributed by atoms with Crippen LogP contribution in [0.5, 0.6) is 5.75 Å². The fourth-order valence-electron chi connectivity index (χ4n) is 2.05. The molecule has 0 fully saturated rings. The number of carbonyl (C=O) groups excluding carboxylic acids is 2. The van der Waals surface area contributed by atoms with E-state index in [1.54, 1.807) is 36.4 Å². The van der Waals surface area contributed by atoms with Crippen LogP contribution in [0.3, 0.4) is 0 Å². The first-order valence-corrected chi connectivity index (χ1v) is 8.75. The maximum atomic E-state index is 12.2. The molecule has 1 atom stereocenters. The summed E-state index contributed by atoms with van der Waals surface area (Å²) in [6, 6.07) is 11.2. The molecule has 0 aliphatic heterocycles. The molecule has 138 valence electrons. The van der Waals surface area contributed by atoms with E-state index in [1.807, 2.05) is 13.8 Å². The Kier molecular flexibility index (Phi) is 6.89. The highest BCUT2D eigenvalue weighted by Crippen LogP contribution is 2.25. The number of nitrogens with one attached hydrogen (secondary N) is 1. The average Bonchev–Trinajstić information content (AvgIpc) is 2.57. The number of carbonyl (C=O) groups is 2. The third-order valence-corrected chi connectivity index (χ3v) is 3.85. The zero-order valence-corrected chi connectivity index (χ0v) is 16.1. The molecule has 1 N–H and O–H groups in total. The van der Waals surface area contributed by atoms with Crippen molar-refractivity contribution in [2.24, 2.45) is 0 Å². The van der Waals surface area contributed by atoms with Crippen LogP contribution < -0.4 is 10.1 Å². The molecule has 2 aromatic carbocycles. The van der Waals surface area contributed by atoms with Gasteiger partial charge in [-0.2, -0.15) is 0 Å². The van der Waals surface area contributed by atoms with Gasteiger partial charge in [0, 0.05) is 5.02 Å². The lowest BCUT2D eigenvalue weighted by atomic mass is 10.2. The van der Waals surface area contributed by atoms with Crippen LogP contribution >= 0.6 is 23.2 Å². The van der Waals surface area contributed by atoms with Gasteiger partial charge in [-0.1, -0.05) is 23.2 Å². The Labute approximate surface area is 162 Å². The Balaban J connectivity index is 1.96. The van der Waals surface area contributed by atoms with E-state index in [1.165, 1.54) is 13.0 Å². The van der Waals surface area contributed by atoms with Crippen LogP contribution in [0.4, 0.5) is 5.69 Å². The summed E-state index contributed by atoms with van der Waals surface area (Å²) in [6.07, 6.45) is -0.961. The molecule has 2 aromatic rings. The molecule has 2 rings (SSSR count). The number of rotatable bonds is 6. The largest absolute Gasteiger partial charge is 0.491 e. The first-order valence-electron chi connectivity index (χ1n) is 8.00. The van der Waals surface area contributed by atoms with Crippen LogP contribution in [-0.2, 0) is 9.53 Å². The number of benzene rings is 2. The van der Waals surface area contributed by atoms with Gasteiger partial charge in [0.05, 0.1) is 22.4 Å². The summed E-state index contributed by atoms with van der Waals surface area (Å²) >= 11 is 11.8.